The van der Waals surface area contributed by atoms with Crippen molar-refractivity contribution in [1.29, 1.82) is 0 Å². The molecule has 7 rings (SSSR count). The molecule has 438 valence electrons. The minimum Gasteiger partial charge on any atom is -0.468 e. The third-order valence-corrected chi connectivity index (χ3v) is 15.0. The fraction of sp³-hybridized carbons (Fsp3) is 0.448. The van der Waals surface area contributed by atoms with E-state index in [-0.39, 0.29) is 65.5 Å². The Morgan fingerprint density at radius 3 is 0.963 bits per heavy atom. The van der Waals surface area contributed by atoms with Crippen molar-refractivity contribution >= 4 is 94.4 Å². The number of piperazine rings is 3. The first kappa shape index (κ1) is 66.5. The quantitative estimate of drug-likeness (QED) is 0.0514. The van der Waals surface area contributed by atoms with E-state index in [9.17, 15) is 38.4 Å². The van der Waals surface area contributed by atoms with Gasteiger partial charge in [0.25, 0.3) is 0 Å². The molecule has 3 heterocycles. The highest BCUT2D eigenvalue weighted by Gasteiger charge is 2.35. The van der Waals surface area contributed by atoms with Crippen molar-refractivity contribution in [3.63, 3.8) is 0 Å². The highest BCUT2D eigenvalue weighted by Crippen LogP contribution is 2.13. The monoisotopic (exact) mass is 1180 g/mol. The van der Waals surface area contributed by atoms with Crippen molar-refractivity contribution in [2.24, 2.45) is 11.5 Å². The van der Waals surface area contributed by atoms with Crippen LogP contribution in [0, 0.1) is 0 Å². The van der Waals surface area contributed by atoms with Crippen molar-refractivity contribution in [2.45, 2.75) is 99.7 Å². The summed E-state index contributed by atoms with van der Waals surface area (Å²) in [6.07, 6.45) is 12.8. The largest absolute Gasteiger partial charge is 0.468 e. The average molecular weight is 1180 g/mol. The smallest absolute Gasteiger partial charge is 0.322 e. The van der Waals surface area contributed by atoms with Crippen LogP contribution in [0.3, 0.4) is 0 Å². The lowest BCUT2D eigenvalue weighted by Gasteiger charge is -2.29. The highest BCUT2D eigenvalue weighted by molar-refractivity contribution is 7.99. The van der Waals surface area contributed by atoms with E-state index in [1.54, 1.807) is 47.0 Å². The van der Waals surface area contributed by atoms with Gasteiger partial charge in [-0.05, 0) is 102 Å². The molecule has 4 aromatic carbocycles. The van der Waals surface area contributed by atoms with E-state index in [1.165, 1.54) is 14.2 Å². The molecule has 80 heavy (non-hydrogen) atoms. The van der Waals surface area contributed by atoms with Crippen LogP contribution in [-0.4, -0.2) is 158 Å². The van der Waals surface area contributed by atoms with Crippen LogP contribution in [0.2, 0.25) is 0 Å². The number of ether oxygens (including phenoxy) is 2. The van der Waals surface area contributed by atoms with Gasteiger partial charge in [0, 0.05) is 22.2 Å². The maximum absolute atomic E-state index is 12.2. The molecule has 3 fully saturated rings. The summed E-state index contributed by atoms with van der Waals surface area (Å²) >= 11 is 6.70. The number of thioether (sulfide) groups is 4. The fourth-order valence-electron chi connectivity index (χ4n) is 7.94. The minimum absolute atomic E-state index is 0.0419. The molecule has 6 amide bonds. The zero-order chi connectivity index (χ0) is 60.7. The van der Waals surface area contributed by atoms with Crippen LogP contribution in [0.4, 0.5) is 0 Å². The molecule has 0 spiro atoms. The summed E-state index contributed by atoms with van der Waals surface area (Å²) in [5, 5.41) is 16.9. The summed E-state index contributed by atoms with van der Waals surface area (Å²) < 4.78 is 19.0. The van der Waals surface area contributed by atoms with Gasteiger partial charge in [0.1, 0.15) is 48.3 Å². The summed E-state index contributed by atoms with van der Waals surface area (Å²) in [4.78, 5) is 93.3. The zero-order valence-electron chi connectivity index (χ0n) is 48.5. The second-order valence-electron chi connectivity index (χ2n) is 18.5. The number of esters is 2. The molecule has 10 N–H and O–H groups in total. The molecule has 22 heteroatoms. The summed E-state index contributed by atoms with van der Waals surface area (Å²) in [5.41, 5.74) is 15.2. The third-order valence-electron chi connectivity index (χ3n) is 12.4. The van der Waals surface area contributed by atoms with E-state index in [0.717, 1.165) is 45.3 Å². The van der Waals surface area contributed by atoms with Gasteiger partial charge in [0.05, 0.1) is 14.2 Å². The minimum atomic E-state index is -0.563. The molecule has 3 aliphatic rings. The molecule has 0 saturated carbocycles. The second-order valence-corrected chi connectivity index (χ2v) is 22.5. The van der Waals surface area contributed by atoms with Crippen LogP contribution in [-0.2, 0) is 73.5 Å². The van der Waals surface area contributed by atoms with Gasteiger partial charge < -0.3 is 52.8 Å². The van der Waals surface area contributed by atoms with Crippen molar-refractivity contribution in [2.75, 3.05) is 62.3 Å². The molecule has 18 nitrogen and oxygen atoms in total. The van der Waals surface area contributed by atoms with Gasteiger partial charge in [-0.1, -0.05) is 121 Å². The fourth-order valence-corrected chi connectivity index (χ4v) is 9.85. The molecule has 0 radical (unpaired) electrons. The van der Waals surface area contributed by atoms with E-state index in [2.05, 4.69) is 41.4 Å². The highest BCUT2D eigenvalue weighted by atomic mass is 32.2. The number of carbonyl (C=O) groups excluding carboxylic acids is 8. The molecule has 3 aliphatic heterocycles. The number of hydrogen-bond acceptors (Lipinski definition) is 16. The van der Waals surface area contributed by atoms with Crippen LogP contribution in [0.25, 0.3) is 0 Å². The molecule has 4 aromatic rings. The van der Waals surface area contributed by atoms with E-state index in [0.29, 0.717) is 51.4 Å². The summed E-state index contributed by atoms with van der Waals surface area (Å²) in [5.74, 6) is 2.34. The van der Waals surface area contributed by atoms with Crippen LogP contribution in [0.5, 0.6) is 0 Å². The van der Waals surface area contributed by atoms with E-state index in [4.69, 9.17) is 14.4 Å². The maximum Gasteiger partial charge on any atom is 0.322 e. The van der Waals surface area contributed by atoms with Gasteiger partial charge in [0.2, 0.25) is 35.4 Å². The van der Waals surface area contributed by atoms with Crippen molar-refractivity contribution in [3.05, 3.63) is 144 Å². The predicted molar refractivity (Wildman–Crippen MR) is 326 cm³/mol. The van der Waals surface area contributed by atoms with Gasteiger partial charge in [-0.15, -0.1) is 0 Å². The Kier molecular flexibility index (Phi) is 32.7. The normalized spacial score (nSPS) is 19.9. The second kappa shape index (κ2) is 39.4. The molecule has 8 unspecified atom stereocenters. The van der Waals surface area contributed by atoms with Gasteiger partial charge in [-0.2, -0.15) is 47.0 Å². The summed E-state index contributed by atoms with van der Waals surface area (Å²) in [7, 11) is 2.69. The van der Waals surface area contributed by atoms with Crippen LogP contribution >= 0.6 is 47.0 Å². The van der Waals surface area contributed by atoms with Crippen LogP contribution < -0.4 is 43.4 Å². The maximum atomic E-state index is 12.2. The van der Waals surface area contributed by atoms with Gasteiger partial charge in [-0.3, -0.25) is 38.4 Å². The Bertz CT molecular complexity index is 2420. The Labute approximate surface area is 491 Å². The number of carbonyl (C=O) groups is 8. The van der Waals surface area contributed by atoms with Crippen molar-refractivity contribution < 1.29 is 50.8 Å². The first-order chi connectivity index (χ1) is 39.6. The Morgan fingerprint density at radius 2 is 0.688 bits per heavy atom. The Morgan fingerprint density at radius 1 is 0.438 bits per heavy atom. The molecule has 0 aromatic heterocycles. The molecule has 0 aliphatic carbocycles. The number of amides is 6. The van der Waals surface area contributed by atoms with E-state index >= 15 is 0 Å². The standard InChI is InChI=1S/C18H18N2O2.C14H18N2O2S.C10H18N2O2S2.C10H13NO2.C6H13NO2S.H2/c21-17-15(11-13-7-3-1-4-8-13)19-18(22)16(20-17)12-14-9-5-2-6-10-14;1-19-8-7-11-13(17)16-12(14(18)15-11)9-10-5-3-2-4-6-10;1-15-5-3-7-9(13)12-8(4-6-16-2)10(14)11-7;1-13-10(12)9(11)7-8-5-3-2-4-6-8;1-9-6(8)5(7)3-4-10-2;/h1-10,15-16H,11-12H2,(H,19,22)(H,20,21);2-6,11-12H,7-9H2,1H3,(H,15,18)(H,16,17);7-8H,3-6H2,1-2H3,(H,11,14)(H,12,13);2-6,9H,7,11H2,1H3;5H,3-4,7H2,1-2H3;1H/i;;;;;1+2D. The van der Waals surface area contributed by atoms with Crippen LogP contribution in [0.1, 0.15) is 50.9 Å². The molecule has 3 saturated heterocycles. The Hall–Kier alpha value is -6.04. The lowest BCUT2D eigenvalue weighted by Crippen LogP contribution is -2.62. The number of benzene rings is 4. The number of hydrogen-bond donors (Lipinski definition) is 8. The van der Waals surface area contributed by atoms with Crippen molar-refractivity contribution in [1.82, 2.24) is 31.9 Å². The summed E-state index contributed by atoms with van der Waals surface area (Å²) in [6, 6.07) is 35.2. The predicted octanol–water partition coefficient (Wildman–Crippen LogP) is 4.11. The van der Waals surface area contributed by atoms with E-state index < -0.39 is 30.2 Å². The number of methoxy groups -OCH3 is 2. The lowest BCUT2D eigenvalue weighted by molar-refractivity contribution is -0.143. The molecular weight excluding hydrogens is 1100 g/mol. The van der Waals surface area contributed by atoms with Gasteiger partial charge >= 0.3 is 11.9 Å². The topological polar surface area (TPSA) is 279 Å². The molecule has 8 atom stereocenters. The van der Waals surface area contributed by atoms with Gasteiger partial charge in [-0.25, -0.2) is 0 Å². The van der Waals surface area contributed by atoms with Crippen LogP contribution in [0.15, 0.2) is 121 Å². The first-order valence-electron chi connectivity index (χ1n) is 27.2. The lowest BCUT2D eigenvalue weighted by atomic mass is 9.99. The number of nitrogens with one attached hydrogen (secondary N) is 6. The zero-order valence-corrected chi connectivity index (χ0v) is 49.8. The number of rotatable bonds is 22. The summed E-state index contributed by atoms with van der Waals surface area (Å²) in [6.45, 7) is 0. The van der Waals surface area contributed by atoms with Crippen molar-refractivity contribution in [3.8, 4) is 0 Å². The number of nitrogens with two attached hydrogens (primary N) is 2. The van der Waals surface area contributed by atoms with Gasteiger partial charge in [0.15, 0.2) is 0 Å². The molecular formula is C58H82N8O10S4. The SMILES string of the molecule is COC(=O)C(N)CCSC.COC(=O)C(N)Cc1ccccc1.CSCCC1NC(=O)C(CCSC)NC1=O.CSCCC1NC(=O)C(Cc2ccccc2)NC1=O.O=C1NC(Cc2ccccc2)C(=O)NC1Cc1ccccc1.[2H][3H]. The third kappa shape index (κ3) is 26.0. The van der Waals surface area contributed by atoms with E-state index in [1.807, 2.05) is 146 Å². The Balaban J connectivity index is 0.000000356. The first-order valence-corrected chi connectivity index (χ1v) is 31.8. The molecule has 0 bridgehead atoms. The average Bonchev–Trinajstić information content (AvgIpc) is 3.66.